The van der Waals surface area contributed by atoms with Crippen LogP contribution in [0.2, 0.25) is 0 Å². The lowest BCUT2D eigenvalue weighted by Gasteiger charge is -2.20. The lowest BCUT2D eigenvalue weighted by molar-refractivity contribution is -0.116. The highest BCUT2D eigenvalue weighted by Crippen LogP contribution is 2.29. The molecule has 0 atom stereocenters. The van der Waals surface area contributed by atoms with Crippen LogP contribution in [0.15, 0.2) is 78.9 Å². The molecule has 0 aliphatic rings. The van der Waals surface area contributed by atoms with Gasteiger partial charge >= 0.3 is 0 Å². The van der Waals surface area contributed by atoms with Crippen LogP contribution >= 0.6 is 23.1 Å². The lowest BCUT2D eigenvalue weighted by atomic mass is 10.1. The van der Waals surface area contributed by atoms with E-state index in [9.17, 15) is 9.59 Å². The zero-order valence-corrected chi connectivity index (χ0v) is 20.0. The molecule has 0 saturated heterocycles. The SMILES string of the molecule is Cc1cccc(NC(=O)CSCC(=O)N(CCc2ccccc2)c2nc3ccccc3s2)c1. The van der Waals surface area contributed by atoms with Crippen LogP contribution in [0.4, 0.5) is 10.8 Å². The Kier molecular flexibility index (Phi) is 7.75. The minimum absolute atomic E-state index is 0.0432. The monoisotopic (exact) mass is 475 g/mol. The van der Waals surface area contributed by atoms with E-state index in [0.29, 0.717) is 11.7 Å². The Morgan fingerprint density at radius 2 is 1.76 bits per heavy atom. The number of thioether (sulfide) groups is 1. The molecule has 1 heterocycles. The third-order valence-corrected chi connectivity index (χ3v) is 7.02. The van der Waals surface area contributed by atoms with Gasteiger partial charge in [-0.3, -0.25) is 14.5 Å². The first-order chi connectivity index (χ1) is 16.1. The Labute approximate surface area is 201 Å². The number of aromatic nitrogens is 1. The van der Waals surface area contributed by atoms with Crippen LogP contribution in [0.5, 0.6) is 0 Å². The fraction of sp³-hybridized carbons (Fsp3) is 0.192. The second-order valence-electron chi connectivity index (χ2n) is 7.66. The van der Waals surface area contributed by atoms with E-state index in [4.69, 9.17) is 0 Å². The Balaban J connectivity index is 1.39. The zero-order chi connectivity index (χ0) is 23.0. The van der Waals surface area contributed by atoms with E-state index >= 15 is 0 Å². The van der Waals surface area contributed by atoms with Gasteiger partial charge in [0.25, 0.3) is 0 Å². The molecule has 4 rings (SSSR count). The van der Waals surface area contributed by atoms with Crippen molar-refractivity contribution in [3.8, 4) is 0 Å². The molecule has 0 fully saturated rings. The average Bonchev–Trinajstić information content (AvgIpc) is 3.24. The van der Waals surface area contributed by atoms with Crippen LogP contribution in [-0.2, 0) is 16.0 Å². The molecule has 0 unspecified atom stereocenters. The van der Waals surface area contributed by atoms with E-state index in [1.165, 1.54) is 28.7 Å². The summed E-state index contributed by atoms with van der Waals surface area (Å²) in [7, 11) is 0. The number of fused-ring (bicyclic) bond motifs is 1. The first kappa shape index (κ1) is 23.0. The van der Waals surface area contributed by atoms with Gasteiger partial charge in [-0.25, -0.2) is 4.98 Å². The van der Waals surface area contributed by atoms with Crippen LogP contribution in [0, 0.1) is 6.92 Å². The van der Waals surface area contributed by atoms with Gasteiger partial charge in [0.05, 0.1) is 21.7 Å². The van der Waals surface area contributed by atoms with Gasteiger partial charge < -0.3 is 5.32 Å². The molecular weight excluding hydrogens is 450 g/mol. The van der Waals surface area contributed by atoms with Crippen molar-refractivity contribution < 1.29 is 9.59 Å². The predicted octanol–water partition coefficient (Wildman–Crippen LogP) is 5.55. The summed E-state index contributed by atoms with van der Waals surface area (Å²) < 4.78 is 1.05. The molecule has 1 aromatic heterocycles. The summed E-state index contributed by atoms with van der Waals surface area (Å²) >= 11 is 2.84. The van der Waals surface area contributed by atoms with Crippen LogP contribution in [-0.4, -0.2) is 34.8 Å². The van der Waals surface area contributed by atoms with E-state index in [1.807, 2.05) is 73.7 Å². The maximum absolute atomic E-state index is 13.2. The molecule has 33 heavy (non-hydrogen) atoms. The van der Waals surface area contributed by atoms with Crippen molar-refractivity contribution in [3.05, 3.63) is 90.0 Å². The number of hydrogen-bond donors (Lipinski definition) is 1. The summed E-state index contributed by atoms with van der Waals surface area (Å²) in [5.74, 6) is 0.269. The fourth-order valence-corrected chi connectivity index (χ4v) is 5.12. The topological polar surface area (TPSA) is 62.3 Å². The van der Waals surface area contributed by atoms with Crippen LogP contribution < -0.4 is 10.2 Å². The summed E-state index contributed by atoms with van der Waals surface area (Å²) in [6, 6.07) is 25.7. The van der Waals surface area contributed by atoms with E-state index in [1.54, 1.807) is 4.90 Å². The van der Waals surface area contributed by atoms with Gasteiger partial charge in [0, 0.05) is 12.2 Å². The van der Waals surface area contributed by atoms with Gasteiger partial charge in [-0.05, 0) is 48.7 Å². The van der Waals surface area contributed by atoms with Gasteiger partial charge in [0.1, 0.15) is 0 Å². The number of thiazole rings is 1. The van der Waals surface area contributed by atoms with Crippen LogP contribution in [0.25, 0.3) is 10.2 Å². The van der Waals surface area contributed by atoms with Crippen LogP contribution in [0.1, 0.15) is 11.1 Å². The predicted molar refractivity (Wildman–Crippen MR) is 139 cm³/mol. The van der Waals surface area contributed by atoms with Crippen molar-refractivity contribution in [2.75, 3.05) is 28.3 Å². The van der Waals surface area contributed by atoms with Gasteiger partial charge in [-0.15, -0.1) is 11.8 Å². The minimum Gasteiger partial charge on any atom is -0.325 e. The largest absolute Gasteiger partial charge is 0.325 e. The molecule has 5 nitrogen and oxygen atoms in total. The van der Waals surface area contributed by atoms with Crippen molar-refractivity contribution in [3.63, 3.8) is 0 Å². The number of aryl methyl sites for hydroxylation is 1. The Hall–Kier alpha value is -3.16. The van der Waals surface area contributed by atoms with Crippen molar-refractivity contribution in [2.24, 2.45) is 0 Å². The van der Waals surface area contributed by atoms with Gasteiger partial charge in [-0.1, -0.05) is 65.9 Å². The molecule has 0 aliphatic heterocycles. The molecule has 168 valence electrons. The number of benzene rings is 3. The summed E-state index contributed by atoms with van der Waals surface area (Å²) in [6.07, 6.45) is 0.737. The minimum atomic E-state index is -0.116. The first-order valence-electron chi connectivity index (χ1n) is 10.7. The molecule has 0 saturated carbocycles. The first-order valence-corrected chi connectivity index (χ1v) is 12.7. The molecule has 0 aliphatic carbocycles. The normalized spacial score (nSPS) is 10.8. The van der Waals surface area contributed by atoms with Crippen LogP contribution in [0.3, 0.4) is 0 Å². The summed E-state index contributed by atoms with van der Waals surface area (Å²) in [5.41, 5.74) is 3.91. The molecule has 0 bridgehead atoms. The van der Waals surface area contributed by atoms with Gasteiger partial charge in [0.2, 0.25) is 11.8 Å². The molecule has 1 N–H and O–H groups in total. The molecular formula is C26H25N3O2S2. The number of rotatable bonds is 9. The smallest absolute Gasteiger partial charge is 0.238 e. The van der Waals surface area contributed by atoms with E-state index in [0.717, 1.165) is 27.9 Å². The third kappa shape index (κ3) is 6.43. The summed E-state index contributed by atoms with van der Waals surface area (Å²) in [6.45, 7) is 2.52. The number of carbonyl (C=O) groups is 2. The maximum Gasteiger partial charge on any atom is 0.238 e. The van der Waals surface area contributed by atoms with Crippen molar-refractivity contribution in [1.82, 2.24) is 4.98 Å². The van der Waals surface area contributed by atoms with Crippen molar-refractivity contribution in [1.29, 1.82) is 0 Å². The van der Waals surface area contributed by atoms with Crippen molar-refractivity contribution in [2.45, 2.75) is 13.3 Å². The molecule has 7 heteroatoms. The Bertz CT molecular complexity index is 1210. The molecule has 3 aromatic carbocycles. The maximum atomic E-state index is 13.2. The van der Waals surface area contributed by atoms with Crippen molar-refractivity contribution >= 4 is 55.9 Å². The summed E-state index contributed by atoms with van der Waals surface area (Å²) in [4.78, 5) is 31.9. The highest BCUT2D eigenvalue weighted by atomic mass is 32.2. The zero-order valence-electron chi connectivity index (χ0n) is 18.4. The quantitative estimate of drug-likeness (QED) is 0.345. The number of nitrogens with zero attached hydrogens (tertiary/aromatic N) is 2. The summed E-state index contributed by atoms with van der Waals surface area (Å²) in [5, 5.41) is 3.58. The Morgan fingerprint density at radius 3 is 2.55 bits per heavy atom. The third-order valence-electron chi connectivity index (χ3n) is 5.04. The molecule has 0 spiro atoms. The number of amides is 2. The lowest BCUT2D eigenvalue weighted by Crippen LogP contribution is -2.34. The number of hydrogen-bond acceptors (Lipinski definition) is 5. The number of anilines is 2. The average molecular weight is 476 g/mol. The number of para-hydroxylation sites is 1. The van der Waals surface area contributed by atoms with Gasteiger partial charge in [-0.2, -0.15) is 0 Å². The second-order valence-corrected chi connectivity index (χ2v) is 9.65. The van der Waals surface area contributed by atoms with E-state index in [-0.39, 0.29) is 23.3 Å². The Morgan fingerprint density at radius 1 is 0.970 bits per heavy atom. The molecule has 2 amide bonds. The van der Waals surface area contributed by atoms with E-state index in [2.05, 4.69) is 22.4 Å². The molecule has 4 aromatic rings. The number of carbonyl (C=O) groups excluding carboxylic acids is 2. The van der Waals surface area contributed by atoms with Gasteiger partial charge in [0.15, 0.2) is 5.13 Å². The van der Waals surface area contributed by atoms with E-state index < -0.39 is 0 Å². The number of nitrogens with one attached hydrogen (secondary N) is 1. The second kappa shape index (κ2) is 11.1. The fourth-order valence-electron chi connectivity index (χ4n) is 3.42. The highest BCUT2D eigenvalue weighted by Gasteiger charge is 2.20. The standard InChI is InChI=1S/C26H25N3O2S2/c1-19-8-7-11-21(16-19)27-24(30)17-32-18-25(31)29(15-14-20-9-3-2-4-10-20)26-28-22-12-5-6-13-23(22)33-26/h2-13,16H,14-15,17-18H2,1H3,(H,27,30). The molecule has 0 radical (unpaired) electrons. The highest BCUT2D eigenvalue weighted by molar-refractivity contribution is 8.00.